The largest absolute Gasteiger partial charge is 0.468 e. The van der Waals surface area contributed by atoms with Gasteiger partial charge >= 0.3 is 11.9 Å². The fourth-order valence-corrected chi connectivity index (χ4v) is 1.59. The summed E-state index contributed by atoms with van der Waals surface area (Å²) < 4.78 is 9.33. The molecule has 1 aliphatic rings. The third-order valence-electron chi connectivity index (χ3n) is 2.47. The molecule has 0 radical (unpaired) electrons. The van der Waals surface area contributed by atoms with Gasteiger partial charge < -0.3 is 9.47 Å². The van der Waals surface area contributed by atoms with Gasteiger partial charge in [-0.15, -0.1) is 0 Å². The van der Waals surface area contributed by atoms with Gasteiger partial charge in [0, 0.05) is 0 Å². The Morgan fingerprint density at radius 3 is 1.73 bits per heavy atom. The third kappa shape index (κ3) is 2.09. The van der Waals surface area contributed by atoms with Gasteiger partial charge in [0.1, 0.15) is 0 Å². The first-order chi connectivity index (χ1) is 7.17. The van der Waals surface area contributed by atoms with Gasteiger partial charge in [0.2, 0.25) is 0 Å². The van der Waals surface area contributed by atoms with Crippen LogP contribution in [0.15, 0.2) is 24.3 Å². The molecule has 1 rings (SSSR count). The molecule has 15 heavy (non-hydrogen) atoms. The van der Waals surface area contributed by atoms with E-state index in [1.807, 2.05) is 0 Å². The van der Waals surface area contributed by atoms with Crippen LogP contribution in [-0.4, -0.2) is 26.2 Å². The van der Waals surface area contributed by atoms with Crippen molar-refractivity contribution in [2.24, 2.45) is 5.41 Å². The minimum absolute atomic E-state index is 0.305. The first kappa shape index (κ1) is 11.5. The highest BCUT2D eigenvalue weighted by molar-refractivity contribution is 6.00. The third-order valence-corrected chi connectivity index (χ3v) is 2.47. The molecule has 0 aliphatic heterocycles. The molecule has 0 amide bonds. The van der Waals surface area contributed by atoms with Gasteiger partial charge in [-0.1, -0.05) is 24.3 Å². The number of allylic oxidation sites excluding steroid dienone is 4. The van der Waals surface area contributed by atoms with E-state index >= 15 is 0 Å². The fraction of sp³-hybridized carbons (Fsp3) is 0.455. The average molecular weight is 210 g/mol. The van der Waals surface area contributed by atoms with Gasteiger partial charge in [0.15, 0.2) is 5.41 Å². The van der Waals surface area contributed by atoms with Crippen LogP contribution in [0.25, 0.3) is 0 Å². The van der Waals surface area contributed by atoms with Crippen molar-refractivity contribution < 1.29 is 19.1 Å². The second kappa shape index (κ2) is 4.77. The van der Waals surface area contributed by atoms with E-state index in [0.29, 0.717) is 12.8 Å². The molecule has 0 aromatic rings. The van der Waals surface area contributed by atoms with E-state index in [9.17, 15) is 9.59 Å². The summed E-state index contributed by atoms with van der Waals surface area (Å²) in [6.45, 7) is 0. The smallest absolute Gasteiger partial charge is 0.323 e. The Labute approximate surface area is 88.6 Å². The standard InChI is InChI=1S/C11H14O4/c1-14-9(12)11(10(13)15-2)7-5-3-4-6-8-11/h3-6H,7-8H2,1-2H3. The second-order valence-corrected chi connectivity index (χ2v) is 3.33. The fourth-order valence-electron chi connectivity index (χ4n) is 1.59. The summed E-state index contributed by atoms with van der Waals surface area (Å²) in [6, 6.07) is 0. The maximum atomic E-state index is 11.7. The Balaban J connectivity index is 3.05. The predicted octanol–water partition coefficient (Wildman–Crippen LogP) is 1.22. The number of carbonyl (C=O) groups excluding carboxylic acids is 2. The molecular formula is C11H14O4. The molecule has 0 aromatic heterocycles. The van der Waals surface area contributed by atoms with E-state index in [1.54, 1.807) is 24.3 Å². The zero-order chi connectivity index (χ0) is 11.3. The number of methoxy groups -OCH3 is 2. The van der Waals surface area contributed by atoms with Crippen LogP contribution in [0.2, 0.25) is 0 Å². The molecule has 0 saturated heterocycles. The summed E-state index contributed by atoms with van der Waals surface area (Å²) in [5, 5.41) is 0. The minimum Gasteiger partial charge on any atom is -0.468 e. The molecule has 0 heterocycles. The normalized spacial score (nSPS) is 18.0. The summed E-state index contributed by atoms with van der Waals surface area (Å²) in [7, 11) is 2.54. The number of ether oxygens (including phenoxy) is 2. The predicted molar refractivity (Wildman–Crippen MR) is 54.0 cm³/mol. The lowest BCUT2D eigenvalue weighted by atomic mass is 9.81. The van der Waals surface area contributed by atoms with Gasteiger partial charge in [0.25, 0.3) is 0 Å². The number of hydrogen-bond acceptors (Lipinski definition) is 4. The Bertz CT molecular complexity index is 283. The van der Waals surface area contributed by atoms with Crippen LogP contribution >= 0.6 is 0 Å². The van der Waals surface area contributed by atoms with Gasteiger partial charge in [-0.3, -0.25) is 9.59 Å². The van der Waals surface area contributed by atoms with E-state index in [4.69, 9.17) is 0 Å². The monoisotopic (exact) mass is 210 g/mol. The van der Waals surface area contributed by atoms with Crippen molar-refractivity contribution in [1.29, 1.82) is 0 Å². The first-order valence-corrected chi connectivity index (χ1v) is 4.66. The van der Waals surface area contributed by atoms with Gasteiger partial charge in [-0.2, -0.15) is 0 Å². The van der Waals surface area contributed by atoms with Crippen LogP contribution in [0.3, 0.4) is 0 Å². The number of carbonyl (C=O) groups is 2. The Morgan fingerprint density at radius 2 is 1.40 bits per heavy atom. The van der Waals surface area contributed by atoms with Crippen LogP contribution in [-0.2, 0) is 19.1 Å². The molecule has 0 N–H and O–H groups in total. The van der Waals surface area contributed by atoms with Crippen molar-refractivity contribution in [3.05, 3.63) is 24.3 Å². The Hall–Kier alpha value is -1.58. The van der Waals surface area contributed by atoms with Gasteiger partial charge in [-0.05, 0) is 12.8 Å². The van der Waals surface area contributed by atoms with Gasteiger partial charge in [-0.25, -0.2) is 0 Å². The average Bonchev–Trinajstić information content (AvgIpc) is 2.53. The zero-order valence-corrected chi connectivity index (χ0v) is 8.86. The first-order valence-electron chi connectivity index (χ1n) is 4.66. The summed E-state index contributed by atoms with van der Waals surface area (Å²) in [5.41, 5.74) is -1.22. The maximum Gasteiger partial charge on any atom is 0.323 e. The van der Waals surface area contributed by atoms with E-state index < -0.39 is 17.4 Å². The highest BCUT2D eigenvalue weighted by Crippen LogP contribution is 2.32. The molecule has 1 aliphatic carbocycles. The summed E-state index contributed by atoms with van der Waals surface area (Å²) in [6.07, 6.45) is 7.73. The topological polar surface area (TPSA) is 52.6 Å². The van der Waals surface area contributed by atoms with Crippen molar-refractivity contribution in [1.82, 2.24) is 0 Å². The van der Waals surface area contributed by atoms with Crippen molar-refractivity contribution in [3.8, 4) is 0 Å². The molecule has 0 aromatic carbocycles. The summed E-state index contributed by atoms with van der Waals surface area (Å²) in [5.74, 6) is -1.10. The zero-order valence-electron chi connectivity index (χ0n) is 8.86. The highest BCUT2D eigenvalue weighted by atomic mass is 16.5. The van der Waals surface area contributed by atoms with Crippen molar-refractivity contribution in [3.63, 3.8) is 0 Å². The van der Waals surface area contributed by atoms with Crippen molar-refractivity contribution >= 4 is 11.9 Å². The molecular weight excluding hydrogens is 196 g/mol. The number of esters is 2. The molecule has 0 bridgehead atoms. The minimum atomic E-state index is -1.22. The molecule has 0 atom stereocenters. The second-order valence-electron chi connectivity index (χ2n) is 3.33. The van der Waals surface area contributed by atoms with E-state index in [-0.39, 0.29) is 0 Å². The number of rotatable bonds is 2. The lowest BCUT2D eigenvalue weighted by Gasteiger charge is -2.24. The van der Waals surface area contributed by atoms with Crippen LogP contribution in [0.4, 0.5) is 0 Å². The molecule has 82 valence electrons. The van der Waals surface area contributed by atoms with Gasteiger partial charge in [0.05, 0.1) is 14.2 Å². The summed E-state index contributed by atoms with van der Waals surface area (Å²) >= 11 is 0. The molecule has 4 heteroatoms. The lowest BCUT2D eigenvalue weighted by molar-refractivity contribution is -0.168. The van der Waals surface area contributed by atoms with Crippen LogP contribution in [0, 0.1) is 5.41 Å². The maximum absolute atomic E-state index is 11.7. The van der Waals surface area contributed by atoms with Crippen LogP contribution < -0.4 is 0 Å². The molecule has 0 saturated carbocycles. The molecule has 0 unspecified atom stereocenters. The molecule has 0 spiro atoms. The highest BCUT2D eigenvalue weighted by Gasteiger charge is 2.46. The van der Waals surface area contributed by atoms with E-state index in [1.165, 1.54) is 14.2 Å². The lowest BCUT2D eigenvalue weighted by Crippen LogP contribution is -2.40. The van der Waals surface area contributed by atoms with E-state index in [0.717, 1.165) is 0 Å². The molecule has 0 fully saturated rings. The van der Waals surface area contributed by atoms with Crippen LogP contribution in [0.5, 0.6) is 0 Å². The van der Waals surface area contributed by atoms with Crippen molar-refractivity contribution in [2.45, 2.75) is 12.8 Å². The summed E-state index contributed by atoms with van der Waals surface area (Å²) in [4.78, 5) is 23.3. The Kier molecular flexibility index (Phi) is 3.66. The van der Waals surface area contributed by atoms with Crippen molar-refractivity contribution in [2.75, 3.05) is 14.2 Å². The SMILES string of the molecule is COC(=O)C1(C(=O)OC)CC=CC=CC1. The quantitative estimate of drug-likeness (QED) is 0.508. The van der Waals surface area contributed by atoms with Crippen LogP contribution in [0.1, 0.15) is 12.8 Å². The Morgan fingerprint density at radius 1 is 1.00 bits per heavy atom. The number of hydrogen-bond donors (Lipinski definition) is 0. The molecule has 4 nitrogen and oxygen atoms in total. The van der Waals surface area contributed by atoms with E-state index in [2.05, 4.69) is 9.47 Å².